The van der Waals surface area contributed by atoms with Gasteiger partial charge in [-0.25, -0.2) is 10.5 Å². The predicted octanol–water partition coefficient (Wildman–Crippen LogP) is 9.72. The Hall–Kier alpha value is -3.43. The maximum atomic E-state index is 14.2. The number of nitrogens with zero attached hydrogens (tertiary/aromatic N) is 2. The number of fused-ring (bicyclic) bond motifs is 1. The average molecular weight is 703 g/mol. The number of rotatable bonds is 10. The summed E-state index contributed by atoms with van der Waals surface area (Å²) in [7, 11) is 0. The van der Waals surface area contributed by atoms with Gasteiger partial charge in [0, 0.05) is 28.2 Å². The van der Waals surface area contributed by atoms with Crippen molar-refractivity contribution in [3.63, 3.8) is 0 Å². The van der Waals surface area contributed by atoms with E-state index in [9.17, 15) is 19.5 Å². The van der Waals surface area contributed by atoms with Gasteiger partial charge in [0.1, 0.15) is 0 Å². The summed E-state index contributed by atoms with van der Waals surface area (Å²) in [5, 5.41) is 13.7. The Labute approximate surface area is 297 Å². The lowest BCUT2D eigenvalue weighted by molar-refractivity contribution is -0.148. The van der Waals surface area contributed by atoms with Crippen LogP contribution in [-0.2, 0) is 14.4 Å². The van der Waals surface area contributed by atoms with Gasteiger partial charge in [0.2, 0.25) is 0 Å². The summed E-state index contributed by atoms with van der Waals surface area (Å²) < 4.78 is 0. The molecule has 2 amide bonds. The van der Waals surface area contributed by atoms with E-state index in [1.165, 1.54) is 0 Å². The number of hydroxylamine groups is 1. The van der Waals surface area contributed by atoms with Crippen LogP contribution in [0.2, 0.25) is 10.0 Å². The van der Waals surface area contributed by atoms with Gasteiger partial charge < -0.3 is 5.11 Å². The first-order valence-corrected chi connectivity index (χ1v) is 17.6. The standard InChI is InChI=1S/C32H35Cl2N3O5.3C2H6/c1-4-21(13-12-20(2)3)19-42-35-31(40)29-24-10-5-6-11-25(24)32(41)37(30(29)26-15-14-22(33)17-27(26)34)36-16-8-7-9-23(36)18-28(38)39;3*1-2/h4-6,10-15,17,23,29-30H,1,7-9,16,18-19H2,2-3H3,(H,35,40)(H,38,39);3*1-2H3/b21-13+;;;. The smallest absolute Gasteiger partial charge is 0.305 e. The highest BCUT2D eigenvalue weighted by Crippen LogP contribution is 2.47. The van der Waals surface area contributed by atoms with Crippen LogP contribution >= 0.6 is 23.2 Å². The minimum Gasteiger partial charge on any atom is -0.481 e. The molecule has 3 atom stereocenters. The SMILES string of the molecule is C=C/C(=C\C=C(C)C)CONC(=O)C1c2ccccc2C(=O)N(N2CCCCC2CC(=O)O)C1c1ccc(Cl)cc1Cl.CC.CC.CC. The second kappa shape index (κ2) is 22.3. The Kier molecular flexibility index (Phi) is 19.7. The number of benzene rings is 2. The summed E-state index contributed by atoms with van der Waals surface area (Å²) in [6, 6.07) is 10.6. The molecule has 0 aromatic heterocycles. The van der Waals surface area contributed by atoms with Crippen LogP contribution < -0.4 is 5.48 Å². The predicted molar refractivity (Wildman–Crippen MR) is 197 cm³/mol. The van der Waals surface area contributed by atoms with Crippen molar-refractivity contribution in [3.05, 3.63) is 105 Å². The van der Waals surface area contributed by atoms with Crippen molar-refractivity contribution in [3.8, 4) is 0 Å². The molecular formula is C38H53Cl2N3O5. The number of hydrogen-bond acceptors (Lipinski definition) is 5. The topological polar surface area (TPSA) is 99.2 Å². The van der Waals surface area contributed by atoms with E-state index in [2.05, 4.69) is 12.1 Å². The lowest BCUT2D eigenvalue weighted by atomic mass is 9.79. The molecule has 2 heterocycles. The van der Waals surface area contributed by atoms with Crippen LogP contribution in [0, 0.1) is 0 Å². The molecule has 0 aliphatic carbocycles. The van der Waals surface area contributed by atoms with Gasteiger partial charge in [-0.2, -0.15) is 0 Å². The monoisotopic (exact) mass is 701 g/mol. The molecular weight excluding hydrogens is 649 g/mol. The Morgan fingerprint density at radius 3 is 2.27 bits per heavy atom. The van der Waals surface area contributed by atoms with Crippen molar-refractivity contribution in [1.29, 1.82) is 0 Å². The lowest BCUT2D eigenvalue weighted by Gasteiger charge is -2.50. The zero-order chi connectivity index (χ0) is 36.4. The normalized spacial score (nSPS) is 18.7. The zero-order valence-corrected chi connectivity index (χ0v) is 31.2. The molecule has 4 rings (SSSR count). The van der Waals surface area contributed by atoms with Crippen molar-refractivity contribution in [2.24, 2.45) is 0 Å². The van der Waals surface area contributed by atoms with Crippen molar-refractivity contribution in [2.75, 3.05) is 13.2 Å². The molecule has 48 heavy (non-hydrogen) atoms. The largest absolute Gasteiger partial charge is 0.481 e. The van der Waals surface area contributed by atoms with Gasteiger partial charge in [0.05, 0.1) is 25.0 Å². The van der Waals surface area contributed by atoms with Crippen molar-refractivity contribution in [2.45, 2.75) is 99.1 Å². The molecule has 8 nitrogen and oxygen atoms in total. The Morgan fingerprint density at radius 1 is 1.00 bits per heavy atom. The number of hydrogen-bond donors (Lipinski definition) is 2. The minimum absolute atomic E-state index is 0.0786. The zero-order valence-electron chi connectivity index (χ0n) is 29.7. The number of piperidine rings is 1. The highest BCUT2D eigenvalue weighted by molar-refractivity contribution is 6.35. The first kappa shape index (κ1) is 42.6. The van der Waals surface area contributed by atoms with E-state index in [1.54, 1.807) is 53.5 Å². The van der Waals surface area contributed by atoms with Crippen LogP contribution in [0.15, 0.2) is 78.4 Å². The lowest BCUT2D eigenvalue weighted by Crippen LogP contribution is -2.59. The van der Waals surface area contributed by atoms with Crippen LogP contribution in [0.4, 0.5) is 0 Å². The minimum atomic E-state index is -0.959. The second-order valence-electron chi connectivity index (χ2n) is 10.7. The number of carbonyl (C=O) groups excluding carboxylic acids is 2. The quantitative estimate of drug-likeness (QED) is 0.189. The molecule has 0 radical (unpaired) electrons. The summed E-state index contributed by atoms with van der Waals surface area (Å²) in [6.45, 7) is 20.3. The third-order valence-corrected chi connectivity index (χ3v) is 8.03. The van der Waals surface area contributed by atoms with Crippen molar-refractivity contribution >= 4 is 41.0 Å². The number of halogens is 2. The molecule has 0 saturated carbocycles. The molecule has 1 fully saturated rings. The number of carbonyl (C=O) groups is 3. The highest BCUT2D eigenvalue weighted by Gasteiger charge is 2.49. The Balaban J connectivity index is 0.00000182. The van der Waals surface area contributed by atoms with E-state index in [0.29, 0.717) is 34.7 Å². The van der Waals surface area contributed by atoms with Gasteiger partial charge in [-0.15, -0.1) is 0 Å². The van der Waals surface area contributed by atoms with Crippen LogP contribution in [0.1, 0.15) is 115 Å². The van der Waals surface area contributed by atoms with E-state index >= 15 is 0 Å². The highest BCUT2D eigenvalue weighted by atomic mass is 35.5. The molecule has 2 aromatic rings. The fraction of sp³-hybridized carbons (Fsp3) is 0.447. The van der Waals surface area contributed by atoms with E-state index in [0.717, 1.165) is 24.0 Å². The van der Waals surface area contributed by atoms with Gasteiger partial charge >= 0.3 is 5.97 Å². The number of nitrogens with one attached hydrogen (secondary N) is 1. The van der Waals surface area contributed by atoms with Crippen molar-refractivity contribution in [1.82, 2.24) is 15.5 Å². The van der Waals surface area contributed by atoms with Crippen LogP contribution in [0.5, 0.6) is 0 Å². The molecule has 2 aliphatic rings. The van der Waals surface area contributed by atoms with E-state index < -0.39 is 29.9 Å². The first-order chi connectivity index (χ1) is 23.1. The number of hydrazine groups is 1. The molecule has 10 heteroatoms. The van der Waals surface area contributed by atoms with Gasteiger partial charge in [-0.05, 0) is 61.6 Å². The molecule has 0 spiro atoms. The van der Waals surface area contributed by atoms with Gasteiger partial charge in [0.25, 0.3) is 11.8 Å². The third-order valence-electron chi connectivity index (χ3n) is 7.46. The fourth-order valence-electron chi connectivity index (χ4n) is 5.52. The molecule has 2 aromatic carbocycles. The Bertz CT molecular complexity index is 1420. The van der Waals surface area contributed by atoms with Crippen LogP contribution in [0.3, 0.4) is 0 Å². The fourth-order valence-corrected chi connectivity index (χ4v) is 6.04. The van der Waals surface area contributed by atoms with Crippen LogP contribution in [0.25, 0.3) is 0 Å². The van der Waals surface area contributed by atoms with Gasteiger partial charge in [-0.1, -0.05) is 126 Å². The summed E-state index contributed by atoms with van der Waals surface area (Å²) >= 11 is 13.0. The summed E-state index contributed by atoms with van der Waals surface area (Å²) in [5.74, 6) is -2.70. The third kappa shape index (κ3) is 11.3. The molecule has 1 saturated heterocycles. The summed E-state index contributed by atoms with van der Waals surface area (Å²) in [5.41, 5.74) is 5.84. The van der Waals surface area contributed by atoms with Crippen LogP contribution in [-0.4, -0.2) is 52.1 Å². The number of amides is 2. The van der Waals surface area contributed by atoms with E-state index in [-0.39, 0.29) is 24.0 Å². The molecule has 2 N–H and O–H groups in total. The van der Waals surface area contributed by atoms with E-state index in [4.69, 9.17) is 28.0 Å². The molecule has 264 valence electrons. The summed E-state index contributed by atoms with van der Waals surface area (Å²) in [6.07, 6.45) is 7.49. The number of aliphatic carboxylic acids is 1. The average Bonchev–Trinajstić information content (AvgIpc) is 3.09. The first-order valence-electron chi connectivity index (χ1n) is 16.9. The maximum Gasteiger partial charge on any atom is 0.305 e. The molecule has 0 bridgehead atoms. The van der Waals surface area contributed by atoms with Crippen molar-refractivity contribution < 1.29 is 24.3 Å². The summed E-state index contributed by atoms with van der Waals surface area (Å²) in [4.78, 5) is 45.7. The molecule has 2 aliphatic heterocycles. The van der Waals surface area contributed by atoms with Gasteiger partial charge in [0.15, 0.2) is 0 Å². The van der Waals surface area contributed by atoms with E-state index in [1.807, 2.05) is 72.6 Å². The van der Waals surface area contributed by atoms with Gasteiger partial charge in [-0.3, -0.25) is 24.2 Å². The maximum absolute atomic E-state index is 14.2. The number of allylic oxidation sites excluding steroid dienone is 3. The Morgan fingerprint density at radius 2 is 1.67 bits per heavy atom. The molecule has 3 unspecified atom stereocenters. The number of carboxylic acids is 1. The number of carboxylic acid groups (broad SMARTS) is 1. The second-order valence-corrected chi connectivity index (χ2v) is 11.5.